The molecular weight excluding hydrogens is 481 g/mol. The van der Waals surface area contributed by atoms with E-state index in [2.05, 4.69) is 17.4 Å². The lowest BCUT2D eigenvalue weighted by Crippen LogP contribution is -2.21. The molecule has 2 aromatic carbocycles. The molecule has 3 atom stereocenters. The summed E-state index contributed by atoms with van der Waals surface area (Å²) in [6, 6.07) is 17.4. The van der Waals surface area contributed by atoms with Crippen LogP contribution in [0.1, 0.15) is 77.9 Å². The Labute approximate surface area is 214 Å². The Morgan fingerprint density at radius 1 is 1.08 bits per heavy atom. The zero-order valence-electron chi connectivity index (χ0n) is 20.9. The van der Waals surface area contributed by atoms with Crippen LogP contribution in [0.25, 0.3) is 0 Å². The van der Waals surface area contributed by atoms with Gasteiger partial charge in [0.15, 0.2) is 0 Å². The van der Waals surface area contributed by atoms with E-state index in [9.17, 15) is 27.9 Å². The number of hydrogen-bond acceptors (Lipinski definition) is 2. The number of nitrogens with zero attached hydrogens (tertiary/aromatic N) is 1. The third kappa shape index (κ3) is 6.06. The molecule has 1 aliphatic rings. The maximum atomic E-state index is 13.6. The summed E-state index contributed by atoms with van der Waals surface area (Å²) in [5.41, 5.74) is 2.00. The third-order valence-corrected chi connectivity index (χ3v) is 7.13. The van der Waals surface area contributed by atoms with Gasteiger partial charge in [-0.25, -0.2) is 0 Å². The van der Waals surface area contributed by atoms with Gasteiger partial charge in [0.25, 0.3) is 5.91 Å². The number of halogens is 3. The van der Waals surface area contributed by atoms with Crippen molar-refractivity contribution in [3.05, 3.63) is 88.7 Å². The summed E-state index contributed by atoms with van der Waals surface area (Å²) >= 11 is 0. The zero-order chi connectivity index (χ0) is 26.7. The van der Waals surface area contributed by atoms with Crippen LogP contribution in [-0.4, -0.2) is 21.6 Å². The number of anilines is 1. The molecule has 37 heavy (non-hydrogen) atoms. The summed E-state index contributed by atoms with van der Waals surface area (Å²) in [6.45, 7) is 4.07. The van der Waals surface area contributed by atoms with Crippen molar-refractivity contribution in [2.75, 3.05) is 5.32 Å². The van der Waals surface area contributed by atoms with Gasteiger partial charge in [0.05, 0.1) is 11.5 Å². The number of carboxylic acids is 1. The van der Waals surface area contributed by atoms with E-state index in [-0.39, 0.29) is 23.7 Å². The number of amides is 1. The van der Waals surface area contributed by atoms with E-state index in [1.54, 1.807) is 6.07 Å². The van der Waals surface area contributed by atoms with Gasteiger partial charge in [-0.2, -0.15) is 13.2 Å². The van der Waals surface area contributed by atoms with Gasteiger partial charge >= 0.3 is 12.1 Å². The van der Waals surface area contributed by atoms with Crippen molar-refractivity contribution >= 4 is 17.6 Å². The summed E-state index contributed by atoms with van der Waals surface area (Å²) < 4.78 is 42.7. The number of nitrogens with one attached hydrogen (secondary N) is 1. The van der Waals surface area contributed by atoms with Crippen molar-refractivity contribution in [2.45, 2.75) is 64.1 Å². The number of aliphatic carboxylic acids is 1. The maximum absolute atomic E-state index is 13.6. The monoisotopic (exact) mass is 512 g/mol. The molecule has 1 aromatic heterocycles. The highest BCUT2D eigenvalue weighted by atomic mass is 19.4. The molecule has 8 heteroatoms. The predicted octanol–water partition coefficient (Wildman–Crippen LogP) is 7.09. The standard InChI is InChI=1S/C29H31F3N2O3/c1-3-18(2)34-21(11-7-10-19-8-5-4-6-9-19)13-15-26(34)27(35)33-20-12-14-25(29(30,31)32)23(16-20)22-17-24(22)28(36)37/h4-6,8-9,12-16,18,22,24H,3,7,10-11,17H2,1-2H3,(H,33,35)(H,36,37)/t18?,22-,24-/m1/s1. The summed E-state index contributed by atoms with van der Waals surface area (Å²) in [4.78, 5) is 24.6. The van der Waals surface area contributed by atoms with Crippen molar-refractivity contribution in [1.29, 1.82) is 0 Å². The Morgan fingerprint density at radius 3 is 2.43 bits per heavy atom. The highest BCUT2D eigenvalue weighted by Crippen LogP contribution is 2.51. The second kappa shape index (κ2) is 10.8. The SMILES string of the molecule is CCC(C)n1c(CCCc2ccccc2)ccc1C(=O)Nc1ccc(C(F)(F)F)c([C@H]2C[C@H]2C(=O)O)c1. The minimum absolute atomic E-state index is 0.0634. The van der Waals surface area contributed by atoms with E-state index in [1.165, 1.54) is 17.7 Å². The van der Waals surface area contributed by atoms with Gasteiger partial charge in [-0.1, -0.05) is 37.3 Å². The Kier molecular flexibility index (Phi) is 7.76. The molecule has 0 saturated heterocycles. The number of rotatable bonds is 10. The maximum Gasteiger partial charge on any atom is 0.416 e. The van der Waals surface area contributed by atoms with Crippen molar-refractivity contribution < 1.29 is 27.9 Å². The Hall–Kier alpha value is -3.55. The average Bonchev–Trinajstić information content (AvgIpc) is 3.56. The van der Waals surface area contributed by atoms with Crippen molar-refractivity contribution in [3.63, 3.8) is 0 Å². The minimum atomic E-state index is -4.61. The van der Waals surface area contributed by atoms with Gasteiger partial charge in [-0.15, -0.1) is 0 Å². The van der Waals surface area contributed by atoms with E-state index in [1.807, 2.05) is 42.7 Å². The smallest absolute Gasteiger partial charge is 0.416 e. The van der Waals surface area contributed by atoms with Gasteiger partial charge in [0.1, 0.15) is 5.69 Å². The molecule has 5 nitrogen and oxygen atoms in total. The van der Waals surface area contributed by atoms with Crippen LogP contribution in [0.5, 0.6) is 0 Å². The Balaban J connectivity index is 1.54. The molecule has 0 radical (unpaired) electrons. The summed E-state index contributed by atoms with van der Waals surface area (Å²) in [6.07, 6.45) is -1.03. The largest absolute Gasteiger partial charge is 0.481 e. The third-order valence-electron chi connectivity index (χ3n) is 7.13. The Bertz CT molecular complexity index is 1270. The van der Waals surface area contributed by atoms with E-state index >= 15 is 0 Å². The Morgan fingerprint density at radius 2 is 1.81 bits per heavy atom. The summed E-state index contributed by atoms with van der Waals surface area (Å²) in [7, 11) is 0. The van der Waals surface area contributed by atoms with Crippen LogP contribution in [0.15, 0.2) is 60.7 Å². The molecule has 0 bridgehead atoms. The van der Waals surface area contributed by atoms with Gasteiger partial charge in [0.2, 0.25) is 0 Å². The number of carbonyl (C=O) groups is 2. The van der Waals surface area contributed by atoms with E-state index in [0.717, 1.165) is 37.4 Å². The molecule has 1 saturated carbocycles. The number of hydrogen-bond donors (Lipinski definition) is 2. The van der Waals surface area contributed by atoms with Gasteiger partial charge in [-0.05, 0) is 86.4 Å². The lowest BCUT2D eigenvalue weighted by atomic mass is 10.0. The van der Waals surface area contributed by atoms with Crippen molar-refractivity contribution in [2.24, 2.45) is 5.92 Å². The molecule has 3 aromatic rings. The topological polar surface area (TPSA) is 71.3 Å². The first-order valence-corrected chi connectivity index (χ1v) is 12.6. The van der Waals surface area contributed by atoms with Crippen LogP contribution in [-0.2, 0) is 23.8 Å². The zero-order valence-corrected chi connectivity index (χ0v) is 20.9. The molecule has 1 heterocycles. The molecule has 1 fully saturated rings. The molecule has 2 N–H and O–H groups in total. The normalized spacial score (nSPS) is 17.9. The molecule has 196 valence electrons. The molecule has 1 unspecified atom stereocenters. The number of aryl methyl sites for hydroxylation is 2. The van der Waals surface area contributed by atoms with Gasteiger partial charge in [-0.3, -0.25) is 9.59 Å². The van der Waals surface area contributed by atoms with E-state index < -0.39 is 35.5 Å². The van der Waals surface area contributed by atoms with Crippen LogP contribution in [0.2, 0.25) is 0 Å². The van der Waals surface area contributed by atoms with Crippen molar-refractivity contribution in [1.82, 2.24) is 4.57 Å². The minimum Gasteiger partial charge on any atom is -0.481 e. The molecule has 4 rings (SSSR count). The van der Waals surface area contributed by atoms with Crippen molar-refractivity contribution in [3.8, 4) is 0 Å². The first-order valence-electron chi connectivity index (χ1n) is 12.6. The number of carbonyl (C=O) groups excluding carboxylic acids is 1. The quantitative estimate of drug-likeness (QED) is 0.305. The van der Waals surface area contributed by atoms with Crippen LogP contribution < -0.4 is 5.32 Å². The number of benzene rings is 2. The molecule has 1 aliphatic carbocycles. The lowest BCUT2D eigenvalue weighted by molar-refractivity contribution is -0.140. The number of aromatic nitrogens is 1. The predicted molar refractivity (Wildman–Crippen MR) is 136 cm³/mol. The second-order valence-corrected chi connectivity index (χ2v) is 9.72. The fraction of sp³-hybridized carbons (Fsp3) is 0.379. The number of alkyl halides is 3. The molecule has 0 spiro atoms. The molecular formula is C29H31F3N2O3. The van der Waals surface area contributed by atoms with Crippen LogP contribution in [0.3, 0.4) is 0 Å². The fourth-order valence-corrected chi connectivity index (χ4v) is 4.91. The van der Waals surface area contributed by atoms with Crippen LogP contribution in [0.4, 0.5) is 18.9 Å². The molecule has 1 amide bonds. The summed E-state index contributed by atoms with van der Waals surface area (Å²) in [5, 5.41) is 12.0. The van der Waals surface area contributed by atoms with Crippen LogP contribution >= 0.6 is 0 Å². The average molecular weight is 513 g/mol. The lowest BCUT2D eigenvalue weighted by Gasteiger charge is -2.20. The number of carboxylic acid groups (broad SMARTS) is 1. The van der Waals surface area contributed by atoms with Gasteiger partial charge < -0.3 is 15.0 Å². The summed E-state index contributed by atoms with van der Waals surface area (Å²) in [5.74, 6) is -3.08. The van der Waals surface area contributed by atoms with E-state index in [0.29, 0.717) is 5.69 Å². The van der Waals surface area contributed by atoms with Gasteiger partial charge in [0, 0.05) is 17.4 Å². The highest BCUT2D eigenvalue weighted by molar-refractivity contribution is 6.03. The van der Waals surface area contributed by atoms with Crippen LogP contribution in [0, 0.1) is 5.92 Å². The first-order chi connectivity index (χ1) is 17.6. The fourth-order valence-electron chi connectivity index (χ4n) is 4.91. The van der Waals surface area contributed by atoms with E-state index in [4.69, 9.17) is 0 Å². The molecule has 0 aliphatic heterocycles. The highest BCUT2D eigenvalue weighted by Gasteiger charge is 2.48. The first kappa shape index (κ1) is 26.5. The second-order valence-electron chi connectivity index (χ2n) is 9.72.